The van der Waals surface area contributed by atoms with Crippen molar-refractivity contribution in [2.24, 2.45) is 0 Å². The summed E-state index contributed by atoms with van der Waals surface area (Å²) in [6, 6.07) is 12.3. The van der Waals surface area contributed by atoms with Gasteiger partial charge >= 0.3 is 11.9 Å². The number of ether oxygens (including phenoxy) is 2. The number of fused-ring (bicyclic) bond motifs is 1. The Morgan fingerprint density at radius 3 is 2.36 bits per heavy atom. The van der Waals surface area contributed by atoms with Crippen LogP contribution in [0.2, 0.25) is 0 Å². The molecule has 0 radical (unpaired) electrons. The Hall–Kier alpha value is -3.21. The highest BCUT2D eigenvalue weighted by Gasteiger charge is 2.20. The third kappa shape index (κ3) is 4.55. The number of hydrogen-bond donors (Lipinski definition) is 0. The summed E-state index contributed by atoms with van der Waals surface area (Å²) in [5.41, 5.74) is 4.23. The van der Waals surface area contributed by atoms with E-state index in [1.807, 2.05) is 12.1 Å². The molecule has 1 aliphatic carbocycles. The van der Waals surface area contributed by atoms with Crippen LogP contribution in [0.25, 0.3) is 6.08 Å². The first-order valence-electron chi connectivity index (χ1n) is 9.21. The number of carbonyl (C=O) groups excluding carboxylic acids is 3. The molecule has 2 aromatic carbocycles. The zero-order valence-electron chi connectivity index (χ0n) is 15.9. The van der Waals surface area contributed by atoms with Gasteiger partial charge < -0.3 is 9.47 Å². The molecule has 0 aliphatic heterocycles. The molecule has 3 rings (SSSR count). The second-order valence-corrected chi connectivity index (χ2v) is 6.73. The third-order valence-corrected chi connectivity index (χ3v) is 4.79. The van der Waals surface area contributed by atoms with E-state index in [4.69, 9.17) is 4.74 Å². The maximum Gasteiger partial charge on any atom is 0.337 e. The molecule has 0 unspecified atom stereocenters. The molecule has 2 aromatic rings. The molecule has 5 nitrogen and oxygen atoms in total. The van der Waals surface area contributed by atoms with E-state index < -0.39 is 18.0 Å². The van der Waals surface area contributed by atoms with Crippen molar-refractivity contribution in [3.8, 4) is 0 Å². The van der Waals surface area contributed by atoms with Gasteiger partial charge in [0, 0.05) is 11.6 Å². The van der Waals surface area contributed by atoms with Crippen LogP contribution in [0.1, 0.15) is 50.8 Å². The lowest BCUT2D eigenvalue weighted by Crippen LogP contribution is -2.23. The first-order chi connectivity index (χ1) is 13.5. The van der Waals surface area contributed by atoms with Gasteiger partial charge in [0.25, 0.3) is 0 Å². The zero-order chi connectivity index (χ0) is 20.1. The van der Waals surface area contributed by atoms with Crippen LogP contribution in [-0.4, -0.2) is 30.9 Å². The summed E-state index contributed by atoms with van der Waals surface area (Å²) in [5, 5.41) is 0. The van der Waals surface area contributed by atoms with Gasteiger partial charge in [0.05, 0.1) is 12.7 Å². The van der Waals surface area contributed by atoms with Gasteiger partial charge in [-0.05, 0) is 67.2 Å². The van der Waals surface area contributed by atoms with Gasteiger partial charge in [-0.25, -0.2) is 9.59 Å². The summed E-state index contributed by atoms with van der Waals surface area (Å²) < 4.78 is 9.88. The highest BCUT2D eigenvalue weighted by molar-refractivity contribution is 6.01. The monoisotopic (exact) mass is 378 g/mol. The Morgan fingerprint density at radius 2 is 1.64 bits per heavy atom. The molecule has 1 atom stereocenters. The summed E-state index contributed by atoms with van der Waals surface area (Å²) in [4.78, 5) is 36.0. The third-order valence-electron chi connectivity index (χ3n) is 4.79. The number of ketones is 1. The van der Waals surface area contributed by atoms with Crippen molar-refractivity contribution >= 4 is 23.8 Å². The van der Waals surface area contributed by atoms with Gasteiger partial charge in [-0.3, -0.25) is 4.79 Å². The normalized spacial score (nSPS) is 13.8. The quantitative estimate of drug-likeness (QED) is 0.435. The van der Waals surface area contributed by atoms with Gasteiger partial charge in [-0.1, -0.05) is 24.3 Å². The van der Waals surface area contributed by atoms with E-state index in [0.717, 1.165) is 24.8 Å². The second kappa shape index (κ2) is 8.65. The molecule has 0 fully saturated rings. The van der Waals surface area contributed by atoms with Gasteiger partial charge in [0.1, 0.15) is 0 Å². The number of benzene rings is 2. The van der Waals surface area contributed by atoms with E-state index in [-0.39, 0.29) is 5.78 Å². The van der Waals surface area contributed by atoms with E-state index in [0.29, 0.717) is 11.1 Å². The minimum absolute atomic E-state index is 0.209. The van der Waals surface area contributed by atoms with Crippen LogP contribution in [0, 0.1) is 0 Å². The molecule has 0 saturated heterocycles. The standard InChI is InChI=1S/C23H22O5/c1-15(22(25)20-12-11-17-4-3-5-19(17)14-20)28-21(24)13-8-16-6-9-18(10-7-16)23(26)27-2/h6-15H,3-5H2,1-2H3/b13-8+/t15-/m1/s1. The number of esters is 2. The van der Waals surface area contributed by atoms with Crippen molar-refractivity contribution in [3.63, 3.8) is 0 Å². The molecular weight excluding hydrogens is 356 g/mol. The van der Waals surface area contributed by atoms with E-state index in [1.165, 1.54) is 24.3 Å². The number of Topliss-reactive ketones (excluding diaryl/α,β-unsaturated/α-hetero) is 1. The van der Waals surface area contributed by atoms with Crippen LogP contribution in [-0.2, 0) is 27.1 Å². The maximum atomic E-state index is 12.5. The number of rotatable bonds is 6. The SMILES string of the molecule is COC(=O)c1ccc(/C=C/C(=O)O[C@H](C)C(=O)c2ccc3c(c2)CCC3)cc1. The molecular formula is C23H22O5. The zero-order valence-corrected chi connectivity index (χ0v) is 15.9. The van der Waals surface area contributed by atoms with E-state index in [1.54, 1.807) is 43.3 Å². The van der Waals surface area contributed by atoms with Crippen LogP contribution in [0.5, 0.6) is 0 Å². The lowest BCUT2D eigenvalue weighted by molar-refractivity contribution is -0.140. The molecule has 0 bridgehead atoms. The van der Waals surface area contributed by atoms with Gasteiger partial charge in [-0.15, -0.1) is 0 Å². The van der Waals surface area contributed by atoms with Gasteiger partial charge in [0.2, 0.25) is 5.78 Å². The fourth-order valence-electron chi connectivity index (χ4n) is 3.24. The molecule has 28 heavy (non-hydrogen) atoms. The van der Waals surface area contributed by atoms with Crippen molar-refractivity contribution in [2.45, 2.75) is 32.3 Å². The predicted molar refractivity (Wildman–Crippen MR) is 105 cm³/mol. The van der Waals surface area contributed by atoms with Crippen LogP contribution >= 0.6 is 0 Å². The largest absolute Gasteiger partial charge is 0.465 e. The fourth-order valence-corrected chi connectivity index (χ4v) is 3.24. The van der Waals surface area contributed by atoms with Crippen molar-refractivity contribution in [1.82, 2.24) is 0 Å². The Labute approximate surface area is 164 Å². The molecule has 5 heteroatoms. The minimum atomic E-state index is -0.863. The van der Waals surface area contributed by atoms with Crippen molar-refractivity contribution < 1.29 is 23.9 Å². The van der Waals surface area contributed by atoms with Gasteiger partial charge in [-0.2, -0.15) is 0 Å². The Kier molecular flexibility index (Phi) is 6.04. The smallest absolute Gasteiger partial charge is 0.337 e. The predicted octanol–water partition coefficient (Wildman–Crippen LogP) is 3.79. The Balaban J connectivity index is 1.58. The Morgan fingerprint density at radius 1 is 0.964 bits per heavy atom. The highest BCUT2D eigenvalue weighted by atomic mass is 16.5. The van der Waals surface area contributed by atoms with E-state index in [2.05, 4.69) is 4.74 Å². The summed E-state index contributed by atoms with van der Waals surface area (Å²) in [7, 11) is 1.32. The lowest BCUT2D eigenvalue weighted by Gasteiger charge is -2.12. The average Bonchev–Trinajstić information content (AvgIpc) is 3.19. The topological polar surface area (TPSA) is 69.7 Å². The summed E-state index contributed by atoms with van der Waals surface area (Å²) in [5.74, 6) is -1.23. The highest BCUT2D eigenvalue weighted by Crippen LogP contribution is 2.23. The van der Waals surface area contributed by atoms with Crippen LogP contribution in [0.3, 0.4) is 0 Å². The maximum absolute atomic E-state index is 12.5. The molecule has 0 N–H and O–H groups in total. The second-order valence-electron chi connectivity index (χ2n) is 6.73. The average molecular weight is 378 g/mol. The molecule has 0 spiro atoms. The minimum Gasteiger partial charge on any atom is -0.465 e. The number of aryl methyl sites for hydroxylation is 2. The fraction of sp³-hybridized carbons (Fsp3) is 0.261. The van der Waals surface area contributed by atoms with Crippen molar-refractivity contribution in [2.75, 3.05) is 7.11 Å². The summed E-state index contributed by atoms with van der Waals surface area (Å²) in [6.45, 7) is 1.58. The molecule has 144 valence electrons. The molecule has 0 saturated carbocycles. The Bertz CT molecular complexity index is 925. The van der Waals surface area contributed by atoms with Crippen LogP contribution < -0.4 is 0 Å². The lowest BCUT2D eigenvalue weighted by atomic mass is 10.0. The van der Waals surface area contributed by atoms with Crippen molar-refractivity contribution in [1.29, 1.82) is 0 Å². The molecule has 0 amide bonds. The summed E-state index contributed by atoms with van der Waals surface area (Å²) >= 11 is 0. The molecule has 0 aromatic heterocycles. The van der Waals surface area contributed by atoms with E-state index >= 15 is 0 Å². The van der Waals surface area contributed by atoms with Gasteiger partial charge in [0.15, 0.2) is 6.10 Å². The van der Waals surface area contributed by atoms with Crippen molar-refractivity contribution in [3.05, 3.63) is 76.4 Å². The number of methoxy groups -OCH3 is 1. The van der Waals surface area contributed by atoms with Crippen LogP contribution in [0.4, 0.5) is 0 Å². The summed E-state index contributed by atoms with van der Waals surface area (Å²) in [6.07, 6.45) is 5.12. The van der Waals surface area contributed by atoms with E-state index in [9.17, 15) is 14.4 Å². The molecule has 0 heterocycles. The van der Waals surface area contributed by atoms with Crippen LogP contribution in [0.15, 0.2) is 48.5 Å². The first kappa shape index (κ1) is 19.5. The number of carbonyl (C=O) groups is 3. The number of hydrogen-bond acceptors (Lipinski definition) is 5. The first-order valence-corrected chi connectivity index (χ1v) is 9.21. The molecule has 1 aliphatic rings.